The molecule has 2 rings (SSSR count). The molecular formula is C13H18N2O. The Morgan fingerprint density at radius 3 is 2.94 bits per heavy atom. The quantitative estimate of drug-likeness (QED) is 0.611. The summed E-state index contributed by atoms with van der Waals surface area (Å²) >= 11 is 0. The molecule has 0 aromatic heterocycles. The van der Waals surface area contributed by atoms with Crippen molar-refractivity contribution in [3.05, 3.63) is 29.8 Å². The maximum absolute atomic E-state index is 6.06. The molecule has 1 aliphatic rings. The summed E-state index contributed by atoms with van der Waals surface area (Å²) in [5.74, 6) is 1.89. The van der Waals surface area contributed by atoms with Crippen molar-refractivity contribution in [2.24, 2.45) is 10.7 Å². The molecule has 0 bridgehead atoms. The van der Waals surface area contributed by atoms with E-state index in [-0.39, 0.29) is 12.0 Å². The van der Waals surface area contributed by atoms with Crippen molar-refractivity contribution in [3.63, 3.8) is 0 Å². The SMILES string of the molecule is CC(C)N=C(N)C1CCOc2ccccc21. The molecule has 3 nitrogen and oxygen atoms in total. The van der Waals surface area contributed by atoms with E-state index in [4.69, 9.17) is 10.5 Å². The number of nitrogens with two attached hydrogens (primary N) is 1. The molecule has 0 fully saturated rings. The molecular weight excluding hydrogens is 200 g/mol. The zero-order valence-electron chi connectivity index (χ0n) is 9.81. The van der Waals surface area contributed by atoms with Gasteiger partial charge in [0.2, 0.25) is 0 Å². The molecule has 1 aromatic rings. The lowest BCUT2D eigenvalue weighted by Gasteiger charge is -2.25. The first-order valence-corrected chi connectivity index (χ1v) is 5.73. The van der Waals surface area contributed by atoms with Crippen LogP contribution in [0.4, 0.5) is 0 Å². The highest BCUT2D eigenvalue weighted by atomic mass is 16.5. The van der Waals surface area contributed by atoms with Gasteiger partial charge in [-0.3, -0.25) is 4.99 Å². The third-order valence-electron chi connectivity index (χ3n) is 2.72. The van der Waals surface area contributed by atoms with Crippen LogP contribution >= 0.6 is 0 Å². The fraction of sp³-hybridized carbons (Fsp3) is 0.462. The van der Waals surface area contributed by atoms with Crippen LogP contribution in [0.3, 0.4) is 0 Å². The number of benzene rings is 1. The van der Waals surface area contributed by atoms with Gasteiger partial charge in [-0.15, -0.1) is 0 Å². The summed E-state index contributed by atoms with van der Waals surface area (Å²) in [5.41, 5.74) is 7.22. The molecule has 1 heterocycles. The topological polar surface area (TPSA) is 47.6 Å². The van der Waals surface area contributed by atoms with Gasteiger partial charge in [-0.25, -0.2) is 0 Å². The molecule has 3 heteroatoms. The number of amidine groups is 1. The van der Waals surface area contributed by atoms with E-state index in [2.05, 4.69) is 11.1 Å². The molecule has 1 atom stereocenters. The zero-order chi connectivity index (χ0) is 11.5. The van der Waals surface area contributed by atoms with Crippen LogP contribution in [0, 0.1) is 0 Å². The first-order valence-electron chi connectivity index (χ1n) is 5.73. The maximum atomic E-state index is 6.06. The lowest BCUT2D eigenvalue weighted by atomic mass is 9.92. The average molecular weight is 218 g/mol. The Hall–Kier alpha value is -1.51. The van der Waals surface area contributed by atoms with Crippen LogP contribution in [0.2, 0.25) is 0 Å². The van der Waals surface area contributed by atoms with Gasteiger partial charge in [-0.2, -0.15) is 0 Å². The van der Waals surface area contributed by atoms with Crippen LogP contribution in [0.25, 0.3) is 0 Å². The van der Waals surface area contributed by atoms with Crippen molar-refractivity contribution in [3.8, 4) is 5.75 Å². The molecule has 0 aliphatic carbocycles. The van der Waals surface area contributed by atoms with Gasteiger partial charge in [0, 0.05) is 17.5 Å². The Morgan fingerprint density at radius 1 is 1.44 bits per heavy atom. The van der Waals surface area contributed by atoms with Crippen molar-refractivity contribution in [2.45, 2.75) is 32.2 Å². The minimum atomic E-state index is 0.215. The minimum Gasteiger partial charge on any atom is -0.493 e. The van der Waals surface area contributed by atoms with Gasteiger partial charge in [-0.05, 0) is 26.3 Å². The summed E-state index contributed by atoms with van der Waals surface area (Å²) in [6.45, 7) is 4.80. The fourth-order valence-electron chi connectivity index (χ4n) is 2.04. The van der Waals surface area contributed by atoms with Crippen LogP contribution < -0.4 is 10.5 Å². The molecule has 1 unspecified atom stereocenters. The smallest absolute Gasteiger partial charge is 0.123 e. The average Bonchev–Trinajstić information content (AvgIpc) is 2.27. The monoisotopic (exact) mass is 218 g/mol. The van der Waals surface area contributed by atoms with E-state index in [0.717, 1.165) is 30.2 Å². The number of hydrogen-bond donors (Lipinski definition) is 1. The Morgan fingerprint density at radius 2 is 2.19 bits per heavy atom. The van der Waals surface area contributed by atoms with Crippen LogP contribution in [0.15, 0.2) is 29.3 Å². The zero-order valence-corrected chi connectivity index (χ0v) is 9.81. The van der Waals surface area contributed by atoms with Crippen molar-refractivity contribution in [2.75, 3.05) is 6.61 Å². The van der Waals surface area contributed by atoms with E-state index in [1.54, 1.807) is 0 Å². The van der Waals surface area contributed by atoms with Gasteiger partial charge in [0.1, 0.15) is 11.6 Å². The number of aliphatic imine (C=N–C) groups is 1. The summed E-state index contributed by atoms with van der Waals surface area (Å²) < 4.78 is 5.60. The molecule has 0 spiro atoms. The fourth-order valence-corrected chi connectivity index (χ4v) is 2.04. The van der Waals surface area contributed by atoms with Crippen molar-refractivity contribution < 1.29 is 4.74 Å². The number of ether oxygens (including phenoxy) is 1. The van der Waals surface area contributed by atoms with Gasteiger partial charge in [0.05, 0.1) is 6.61 Å². The van der Waals surface area contributed by atoms with Gasteiger partial charge >= 0.3 is 0 Å². The van der Waals surface area contributed by atoms with E-state index in [0.29, 0.717) is 0 Å². The van der Waals surface area contributed by atoms with Crippen molar-refractivity contribution in [1.82, 2.24) is 0 Å². The highest BCUT2D eigenvalue weighted by Gasteiger charge is 2.23. The van der Waals surface area contributed by atoms with Gasteiger partial charge < -0.3 is 10.5 Å². The molecule has 2 N–H and O–H groups in total. The maximum Gasteiger partial charge on any atom is 0.123 e. The lowest BCUT2D eigenvalue weighted by Crippen LogP contribution is -2.28. The highest BCUT2D eigenvalue weighted by Crippen LogP contribution is 2.33. The van der Waals surface area contributed by atoms with E-state index in [1.807, 2.05) is 32.0 Å². The van der Waals surface area contributed by atoms with Gasteiger partial charge in [-0.1, -0.05) is 18.2 Å². The van der Waals surface area contributed by atoms with Crippen LogP contribution in [0.1, 0.15) is 31.7 Å². The summed E-state index contributed by atoms with van der Waals surface area (Å²) in [6, 6.07) is 8.31. The molecule has 86 valence electrons. The highest BCUT2D eigenvalue weighted by molar-refractivity contribution is 5.88. The molecule has 0 saturated heterocycles. The van der Waals surface area contributed by atoms with Crippen LogP contribution in [-0.4, -0.2) is 18.5 Å². The normalized spacial score (nSPS) is 20.4. The molecule has 1 aliphatic heterocycles. The Bertz CT molecular complexity index is 399. The molecule has 16 heavy (non-hydrogen) atoms. The summed E-state index contributed by atoms with van der Waals surface area (Å²) in [5, 5.41) is 0. The summed E-state index contributed by atoms with van der Waals surface area (Å²) in [4.78, 5) is 4.44. The number of fused-ring (bicyclic) bond motifs is 1. The number of hydrogen-bond acceptors (Lipinski definition) is 2. The molecule has 0 amide bonds. The van der Waals surface area contributed by atoms with E-state index in [9.17, 15) is 0 Å². The third-order valence-corrected chi connectivity index (χ3v) is 2.72. The number of nitrogens with zero attached hydrogens (tertiary/aromatic N) is 1. The van der Waals surface area contributed by atoms with Crippen LogP contribution in [-0.2, 0) is 0 Å². The first kappa shape index (κ1) is 11.0. The summed E-state index contributed by atoms with van der Waals surface area (Å²) in [6.07, 6.45) is 0.916. The van der Waals surface area contributed by atoms with E-state index in [1.165, 1.54) is 0 Å². The van der Waals surface area contributed by atoms with Crippen molar-refractivity contribution >= 4 is 5.84 Å². The second kappa shape index (κ2) is 4.56. The molecule has 1 aromatic carbocycles. The second-order valence-corrected chi connectivity index (χ2v) is 4.38. The lowest BCUT2D eigenvalue weighted by molar-refractivity contribution is 0.282. The van der Waals surface area contributed by atoms with E-state index < -0.39 is 0 Å². The van der Waals surface area contributed by atoms with E-state index >= 15 is 0 Å². The molecule has 0 saturated carbocycles. The number of para-hydroxylation sites is 1. The third kappa shape index (κ3) is 2.18. The standard InChI is InChI=1S/C13H18N2O/c1-9(2)15-13(14)11-7-8-16-12-6-4-3-5-10(11)12/h3-6,9,11H,7-8H2,1-2H3,(H2,14,15). The largest absolute Gasteiger partial charge is 0.493 e. The first-order chi connectivity index (χ1) is 7.68. The minimum absolute atomic E-state index is 0.215. The Kier molecular flexibility index (Phi) is 3.13. The van der Waals surface area contributed by atoms with Crippen LogP contribution in [0.5, 0.6) is 5.75 Å². The number of rotatable bonds is 2. The van der Waals surface area contributed by atoms with Crippen molar-refractivity contribution in [1.29, 1.82) is 0 Å². The molecule has 0 radical (unpaired) electrons. The van der Waals surface area contributed by atoms with Gasteiger partial charge in [0.15, 0.2) is 0 Å². The summed E-state index contributed by atoms with van der Waals surface area (Å²) in [7, 11) is 0. The Labute approximate surface area is 96.3 Å². The predicted molar refractivity (Wildman–Crippen MR) is 66.1 cm³/mol. The second-order valence-electron chi connectivity index (χ2n) is 4.38. The van der Waals surface area contributed by atoms with Gasteiger partial charge in [0.25, 0.3) is 0 Å². The Balaban J connectivity index is 2.32. The predicted octanol–water partition coefficient (Wildman–Crippen LogP) is 2.32.